The number of hydrogen-bond acceptors (Lipinski definition) is 8. The number of carbonyl (C=O) groups excluding carboxylic acids is 3. The predicted molar refractivity (Wildman–Crippen MR) is 211 cm³/mol. The summed E-state index contributed by atoms with van der Waals surface area (Å²) in [7, 11) is 0. The van der Waals surface area contributed by atoms with E-state index in [0.717, 1.165) is 49.8 Å². The highest BCUT2D eigenvalue weighted by atomic mass is 19.4. The van der Waals surface area contributed by atoms with Crippen molar-refractivity contribution in [1.29, 1.82) is 0 Å². The number of aromatic nitrogens is 1. The van der Waals surface area contributed by atoms with Crippen LogP contribution in [-0.2, 0) is 37.8 Å². The minimum atomic E-state index is -5.20. The standard InChI is InChI=1S/C46H50F6N2O7/c1-6-44(58)22-20-33-30-15-13-26-24-27(14-16-28(26)29(30)19-21-43(33,44)5)59-37(55)17-18-38(56)60-40(35-12-7-8-23-54(35)41(57)61-42(2,3)4)32-25-36(46(50,51)52)53-39-31(32)10-9-11-34(39)45(47,48)49/h1,9-11,14,16,24-25,29-30,33,35,40,58H,7-8,12-13,15,17-23H2,2-5H3/t29?,30-,33?,35?,40?,43+,44+/m1/s1. The smallest absolute Gasteiger partial charge is 0.433 e. The summed E-state index contributed by atoms with van der Waals surface area (Å²) in [5.74, 6) is 2.05. The minimum Gasteiger partial charge on any atom is -0.455 e. The third-order valence-electron chi connectivity index (χ3n) is 13.4. The van der Waals surface area contributed by atoms with Crippen molar-refractivity contribution in [2.24, 2.45) is 17.3 Å². The molecule has 1 N–H and O–H groups in total. The summed E-state index contributed by atoms with van der Waals surface area (Å²) in [5.41, 5.74) is -4.73. The van der Waals surface area contributed by atoms with Gasteiger partial charge in [0.2, 0.25) is 0 Å². The number of esters is 2. The van der Waals surface area contributed by atoms with Gasteiger partial charge in [0, 0.05) is 22.9 Å². The number of likely N-dealkylation sites (tertiary alicyclic amines) is 1. The van der Waals surface area contributed by atoms with Gasteiger partial charge < -0.3 is 24.2 Å². The number of aryl methyl sites for hydroxylation is 1. The zero-order chi connectivity index (χ0) is 44.3. The van der Waals surface area contributed by atoms with Gasteiger partial charge in [-0.05, 0) is 132 Å². The van der Waals surface area contributed by atoms with E-state index in [9.17, 15) is 45.8 Å². The summed E-state index contributed by atoms with van der Waals surface area (Å²) in [5, 5.41) is 10.9. The van der Waals surface area contributed by atoms with Crippen molar-refractivity contribution in [2.45, 2.75) is 140 Å². The molecule has 2 aromatic carbocycles. The van der Waals surface area contributed by atoms with Crippen LogP contribution in [0, 0.1) is 29.6 Å². The molecule has 9 nitrogen and oxygen atoms in total. The number of rotatable bonds is 7. The van der Waals surface area contributed by atoms with E-state index in [0.29, 0.717) is 37.3 Å². The third kappa shape index (κ3) is 8.66. The number of pyridine rings is 1. The van der Waals surface area contributed by atoms with Crippen LogP contribution in [0.2, 0.25) is 0 Å². The molecule has 3 fully saturated rings. The molecule has 4 unspecified atom stereocenters. The second kappa shape index (κ2) is 16.1. The molecule has 0 bridgehead atoms. The molecule has 0 spiro atoms. The Morgan fingerprint density at radius 1 is 0.951 bits per heavy atom. The molecular weight excluding hydrogens is 807 g/mol. The van der Waals surface area contributed by atoms with Gasteiger partial charge in [0.15, 0.2) is 0 Å². The Balaban J connectivity index is 1.12. The lowest BCUT2D eigenvalue weighted by Gasteiger charge is -2.52. The van der Waals surface area contributed by atoms with Crippen molar-refractivity contribution in [3.63, 3.8) is 0 Å². The van der Waals surface area contributed by atoms with Gasteiger partial charge in [0.05, 0.1) is 30.0 Å². The molecule has 3 aromatic rings. The third-order valence-corrected chi connectivity index (χ3v) is 13.4. The topological polar surface area (TPSA) is 115 Å². The van der Waals surface area contributed by atoms with E-state index in [1.807, 2.05) is 12.1 Å². The van der Waals surface area contributed by atoms with Crippen LogP contribution in [0.15, 0.2) is 42.5 Å². The second-order valence-corrected chi connectivity index (χ2v) is 18.2. The number of terminal acetylenes is 1. The molecule has 328 valence electrons. The molecule has 1 aromatic heterocycles. The Kier molecular flexibility index (Phi) is 11.7. The number of hydrogen-bond donors (Lipinski definition) is 1. The molecule has 7 atom stereocenters. The first-order chi connectivity index (χ1) is 28.5. The normalized spacial score (nSPS) is 27.0. The molecular formula is C46H50F6N2O7. The lowest BCUT2D eigenvalue weighted by Crippen LogP contribution is -2.50. The van der Waals surface area contributed by atoms with Gasteiger partial charge in [-0.1, -0.05) is 31.0 Å². The Hall–Kier alpha value is -4.84. The van der Waals surface area contributed by atoms with Gasteiger partial charge >= 0.3 is 30.4 Å². The molecule has 4 aliphatic rings. The van der Waals surface area contributed by atoms with E-state index < -0.39 is 88.9 Å². The zero-order valence-corrected chi connectivity index (χ0v) is 34.5. The van der Waals surface area contributed by atoms with Crippen molar-refractivity contribution in [1.82, 2.24) is 9.88 Å². The summed E-state index contributed by atoms with van der Waals surface area (Å²) in [6.07, 6.45) is -2.34. The van der Waals surface area contributed by atoms with Crippen molar-refractivity contribution >= 4 is 28.9 Å². The fourth-order valence-corrected chi connectivity index (χ4v) is 10.5. The van der Waals surface area contributed by atoms with Crippen LogP contribution in [0.3, 0.4) is 0 Å². The van der Waals surface area contributed by atoms with Gasteiger partial charge in [-0.25, -0.2) is 9.78 Å². The summed E-state index contributed by atoms with van der Waals surface area (Å²) in [4.78, 5) is 44.9. The fraction of sp³-hybridized carbons (Fsp3) is 0.565. The SMILES string of the molecule is C#C[C@]1(O)CCC2[C@@H]3CCc4cc(OC(=O)CCC(=O)OC(c5cc(C(F)(F)F)nc6c(C(F)(F)F)cccc56)C5CCCCN5C(=O)OC(C)(C)C)ccc4C3CC[C@@]21C. The molecule has 3 aliphatic carbocycles. The van der Waals surface area contributed by atoms with Gasteiger partial charge in [-0.15, -0.1) is 6.42 Å². The highest BCUT2D eigenvalue weighted by Gasteiger charge is 2.61. The number of amides is 1. The van der Waals surface area contributed by atoms with Crippen LogP contribution < -0.4 is 4.74 Å². The van der Waals surface area contributed by atoms with E-state index in [-0.39, 0.29) is 41.4 Å². The Labute approximate surface area is 350 Å². The molecule has 7 rings (SSSR count). The van der Waals surface area contributed by atoms with Crippen LogP contribution in [-0.4, -0.2) is 56.8 Å². The quantitative estimate of drug-likeness (QED) is 0.108. The number of carbonyl (C=O) groups is 3. The van der Waals surface area contributed by atoms with Crippen LogP contribution in [0.5, 0.6) is 5.75 Å². The minimum absolute atomic E-state index is 0.0696. The molecule has 0 radical (unpaired) electrons. The van der Waals surface area contributed by atoms with E-state index in [1.54, 1.807) is 26.8 Å². The maximum absolute atomic E-state index is 14.3. The van der Waals surface area contributed by atoms with Gasteiger partial charge in [0.1, 0.15) is 28.7 Å². The van der Waals surface area contributed by atoms with Crippen LogP contribution >= 0.6 is 0 Å². The number of nitrogens with zero attached hydrogens (tertiary/aromatic N) is 2. The van der Waals surface area contributed by atoms with Crippen molar-refractivity contribution in [2.75, 3.05) is 6.54 Å². The van der Waals surface area contributed by atoms with E-state index in [4.69, 9.17) is 20.6 Å². The Morgan fingerprint density at radius 3 is 2.38 bits per heavy atom. The van der Waals surface area contributed by atoms with E-state index in [2.05, 4.69) is 17.8 Å². The highest BCUT2D eigenvalue weighted by molar-refractivity contribution is 5.87. The summed E-state index contributed by atoms with van der Waals surface area (Å²) in [6, 6.07) is 7.65. The maximum atomic E-state index is 14.3. The number of aliphatic hydroxyl groups is 1. The first-order valence-electron chi connectivity index (χ1n) is 20.8. The summed E-state index contributed by atoms with van der Waals surface area (Å²) in [6.45, 7) is 7.04. The second-order valence-electron chi connectivity index (χ2n) is 18.2. The Morgan fingerprint density at radius 2 is 1.69 bits per heavy atom. The first-order valence-corrected chi connectivity index (χ1v) is 20.8. The largest absolute Gasteiger partial charge is 0.455 e. The lowest BCUT2D eigenvalue weighted by molar-refractivity contribution is -0.156. The average molecular weight is 857 g/mol. The number of piperidine rings is 1. The van der Waals surface area contributed by atoms with Crippen molar-refractivity contribution < 1.29 is 60.0 Å². The van der Waals surface area contributed by atoms with Crippen LogP contribution in [0.1, 0.15) is 132 Å². The zero-order valence-electron chi connectivity index (χ0n) is 34.5. The van der Waals surface area contributed by atoms with E-state index >= 15 is 0 Å². The van der Waals surface area contributed by atoms with Gasteiger partial charge in [-0.2, -0.15) is 26.3 Å². The molecule has 2 heterocycles. The lowest BCUT2D eigenvalue weighted by atomic mass is 9.53. The molecule has 61 heavy (non-hydrogen) atoms. The summed E-state index contributed by atoms with van der Waals surface area (Å²) < 4.78 is 103. The number of para-hydroxylation sites is 1. The van der Waals surface area contributed by atoms with Crippen LogP contribution in [0.25, 0.3) is 10.9 Å². The number of ether oxygens (including phenoxy) is 3. The Bertz CT molecular complexity index is 2250. The molecule has 1 saturated heterocycles. The van der Waals surface area contributed by atoms with Crippen molar-refractivity contribution in [3.05, 3.63) is 70.4 Å². The van der Waals surface area contributed by atoms with Crippen LogP contribution in [0.4, 0.5) is 31.1 Å². The number of alkyl halides is 6. The van der Waals surface area contributed by atoms with Gasteiger partial charge in [-0.3, -0.25) is 9.59 Å². The van der Waals surface area contributed by atoms with Crippen molar-refractivity contribution in [3.8, 4) is 18.1 Å². The number of fused-ring (bicyclic) bond motifs is 6. The van der Waals surface area contributed by atoms with Gasteiger partial charge in [0.25, 0.3) is 0 Å². The fourth-order valence-electron chi connectivity index (χ4n) is 10.5. The number of benzene rings is 2. The molecule has 15 heteroatoms. The average Bonchev–Trinajstić information content (AvgIpc) is 3.47. The monoisotopic (exact) mass is 856 g/mol. The number of halogens is 6. The molecule has 1 amide bonds. The molecule has 2 saturated carbocycles. The highest BCUT2D eigenvalue weighted by Crippen LogP contribution is 2.64. The first kappa shape index (κ1) is 44.2. The maximum Gasteiger partial charge on any atom is 0.433 e. The van der Waals surface area contributed by atoms with E-state index in [1.165, 1.54) is 10.5 Å². The molecule has 1 aliphatic heterocycles. The summed E-state index contributed by atoms with van der Waals surface area (Å²) >= 11 is 0. The predicted octanol–water partition coefficient (Wildman–Crippen LogP) is 10.3.